The summed E-state index contributed by atoms with van der Waals surface area (Å²) >= 11 is 0. The average molecular weight is 492 g/mol. The molecule has 0 saturated carbocycles. The normalized spacial score (nSPS) is 16.0. The Labute approximate surface area is 209 Å². The van der Waals surface area contributed by atoms with E-state index in [0.29, 0.717) is 42.5 Å². The summed E-state index contributed by atoms with van der Waals surface area (Å²) in [4.78, 5) is 25.6. The van der Waals surface area contributed by atoms with E-state index in [1.165, 1.54) is 6.33 Å². The number of nitrogens with one attached hydrogen (secondary N) is 1. The number of hydrogen-bond acceptors (Lipinski definition) is 7. The lowest BCUT2D eigenvalue weighted by atomic mass is 10.2. The van der Waals surface area contributed by atoms with Crippen molar-refractivity contribution in [1.82, 2.24) is 9.88 Å². The minimum Gasteiger partial charge on any atom is -0.457 e. The summed E-state index contributed by atoms with van der Waals surface area (Å²) in [6.07, 6.45) is 1.72. The minimum absolute atomic E-state index is 0.173. The summed E-state index contributed by atoms with van der Waals surface area (Å²) in [6.45, 7) is 6.44. The summed E-state index contributed by atoms with van der Waals surface area (Å²) < 4.78 is 17.3. The van der Waals surface area contributed by atoms with Gasteiger partial charge in [-0.1, -0.05) is 18.2 Å². The van der Waals surface area contributed by atoms with E-state index in [9.17, 15) is 4.79 Å². The molecule has 1 aromatic heterocycles. The molecule has 1 fully saturated rings. The van der Waals surface area contributed by atoms with Gasteiger partial charge in [-0.3, -0.25) is 4.99 Å². The first-order valence-corrected chi connectivity index (χ1v) is 11.7. The lowest BCUT2D eigenvalue weighted by Gasteiger charge is -2.24. The second kappa shape index (κ2) is 10.5. The molecule has 36 heavy (non-hydrogen) atoms. The van der Waals surface area contributed by atoms with Gasteiger partial charge < -0.3 is 30.6 Å². The molecule has 1 atom stereocenters. The van der Waals surface area contributed by atoms with Gasteiger partial charge in [0.1, 0.15) is 28.7 Å². The molecule has 1 aliphatic rings. The van der Waals surface area contributed by atoms with Crippen molar-refractivity contribution in [2.24, 2.45) is 10.7 Å². The number of para-hydroxylation sites is 1. The highest BCUT2D eigenvalue weighted by Gasteiger charge is 2.30. The van der Waals surface area contributed by atoms with Gasteiger partial charge in [-0.2, -0.15) is 0 Å². The quantitative estimate of drug-likeness (QED) is 0.395. The smallest absolute Gasteiger partial charge is 0.410 e. The lowest BCUT2D eigenvalue weighted by Crippen LogP contribution is -2.35. The number of hydrogen-bond donors (Lipinski definition) is 2. The van der Waals surface area contributed by atoms with Crippen LogP contribution >= 0.6 is 0 Å². The third-order valence-corrected chi connectivity index (χ3v) is 5.30. The van der Waals surface area contributed by atoms with Crippen LogP contribution in [0.2, 0.25) is 0 Å². The SMILES string of the molecule is CC(C)(C)OC(=O)N1CC[C@@H](N=C(N)c2c(N)nc[nH+]c2Oc2ccc(Oc3ccccc3)cc2)C1. The van der Waals surface area contributed by atoms with E-state index in [4.69, 9.17) is 25.7 Å². The van der Waals surface area contributed by atoms with Crippen LogP contribution in [0.15, 0.2) is 65.9 Å². The first-order valence-electron chi connectivity index (χ1n) is 11.7. The van der Waals surface area contributed by atoms with Gasteiger partial charge in [0.25, 0.3) is 12.1 Å². The van der Waals surface area contributed by atoms with E-state index in [2.05, 4.69) is 15.0 Å². The molecule has 0 spiro atoms. The van der Waals surface area contributed by atoms with Crippen molar-refractivity contribution in [3.8, 4) is 23.1 Å². The average Bonchev–Trinajstić information content (AvgIpc) is 3.29. The van der Waals surface area contributed by atoms with Crippen LogP contribution in [0, 0.1) is 0 Å². The van der Waals surface area contributed by atoms with Crippen LogP contribution in [0.5, 0.6) is 23.1 Å². The number of carbonyl (C=O) groups excluding carboxylic acids is 1. The number of nitrogens with two attached hydrogens (primary N) is 2. The molecule has 188 valence electrons. The first kappa shape index (κ1) is 24.8. The Morgan fingerprint density at radius 3 is 2.36 bits per heavy atom. The lowest BCUT2D eigenvalue weighted by molar-refractivity contribution is -0.395. The Balaban J connectivity index is 1.46. The van der Waals surface area contributed by atoms with Gasteiger partial charge in [-0.25, -0.2) is 9.78 Å². The van der Waals surface area contributed by atoms with Gasteiger partial charge >= 0.3 is 12.0 Å². The van der Waals surface area contributed by atoms with E-state index in [1.54, 1.807) is 29.2 Å². The van der Waals surface area contributed by atoms with Crippen LogP contribution in [-0.2, 0) is 4.74 Å². The molecule has 2 heterocycles. The number of aromatic amines is 1. The van der Waals surface area contributed by atoms with Crippen LogP contribution < -0.4 is 25.9 Å². The van der Waals surface area contributed by atoms with Gasteiger partial charge in [-0.15, -0.1) is 0 Å². The number of benzene rings is 2. The molecule has 5 N–H and O–H groups in total. The fourth-order valence-corrected chi connectivity index (χ4v) is 3.66. The maximum Gasteiger partial charge on any atom is 0.410 e. The number of aliphatic imine (C=N–C) groups is 1. The molecule has 1 aliphatic heterocycles. The van der Waals surface area contributed by atoms with Gasteiger partial charge in [0.2, 0.25) is 0 Å². The number of nitrogen functional groups attached to an aromatic ring is 1. The van der Waals surface area contributed by atoms with Gasteiger partial charge in [0, 0.05) is 13.1 Å². The van der Waals surface area contributed by atoms with Crippen LogP contribution in [0.4, 0.5) is 10.6 Å². The third kappa shape index (κ3) is 6.41. The molecule has 3 aromatic rings. The molecule has 1 amide bonds. The topological polar surface area (TPSA) is 139 Å². The summed E-state index contributed by atoms with van der Waals surface area (Å²) in [5, 5.41) is 0. The number of carbonyl (C=O) groups is 1. The number of amidine groups is 1. The molecule has 2 aromatic carbocycles. The fourth-order valence-electron chi connectivity index (χ4n) is 3.66. The Hall–Kier alpha value is -4.34. The van der Waals surface area contributed by atoms with Gasteiger partial charge in [0.05, 0.1) is 6.04 Å². The maximum atomic E-state index is 12.4. The summed E-state index contributed by atoms with van der Waals surface area (Å²) in [5.41, 5.74) is 12.3. The van der Waals surface area contributed by atoms with E-state index in [1.807, 2.05) is 51.1 Å². The maximum absolute atomic E-state index is 12.4. The Morgan fingerprint density at radius 2 is 1.69 bits per heavy atom. The number of rotatable bonds is 6. The molecular formula is C26H31N6O4+. The van der Waals surface area contributed by atoms with Crippen molar-refractivity contribution in [3.05, 3.63) is 66.5 Å². The van der Waals surface area contributed by atoms with Crippen LogP contribution in [0.25, 0.3) is 0 Å². The van der Waals surface area contributed by atoms with Crippen molar-refractivity contribution < 1.29 is 24.0 Å². The van der Waals surface area contributed by atoms with E-state index in [0.717, 1.165) is 5.75 Å². The fraction of sp³-hybridized carbons (Fsp3) is 0.308. The zero-order valence-corrected chi connectivity index (χ0v) is 20.6. The number of amides is 1. The Bertz CT molecular complexity index is 1230. The van der Waals surface area contributed by atoms with Crippen molar-refractivity contribution >= 4 is 17.7 Å². The van der Waals surface area contributed by atoms with Gasteiger partial charge in [-0.05, 0) is 68.6 Å². The van der Waals surface area contributed by atoms with Crippen LogP contribution in [0.1, 0.15) is 32.8 Å². The monoisotopic (exact) mass is 491 g/mol. The molecule has 1 saturated heterocycles. The number of H-pyrrole nitrogens is 1. The number of likely N-dealkylation sites (tertiary alicyclic amines) is 1. The number of nitrogens with zero attached hydrogens (tertiary/aromatic N) is 3. The predicted octanol–water partition coefficient (Wildman–Crippen LogP) is 3.78. The molecule has 0 bridgehead atoms. The molecule has 10 nitrogen and oxygen atoms in total. The van der Waals surface area contributed by atoms with Crippen LogP contribution in [-0.4, -0.2) is 46.5 Å². The van der Waals surface area contributed by atoms with Crippen LogP contribution in [0.3, 0.4) is 0 Å². The molecule has 0 unspecified atom stereocenters. The van der Waals surface area contributed by atoms with Crippen molar-refractivity contribution in [2.45, 2.75) is 38.8 Å². The summed E-state index contributed by atoms with van der Waals surface area (Å²) in [6, 6.07) is 16.5. The highest BCUT2D eigenvalue weighted by molar-refractivity contribution is 6.03. The Kier molecular flexibility index (Phi) is 7.23. The van der Waals surface area contributed by atoms with E-state index < -0.39 is 5.60 Å². The largest absolute Gasteiger partial charge is 0.457 e. The van der Waals surface area contributed by atoms with Crippen molar-refractivity contribution in [3.63, 3.8) is 0 Å². The number of aromatic nitrogens is 2. The molecular weight excluding hydrogens is 460 g/mol. The Morgan fingerprint density at radius 1 is 1.06 bits per heavy atom. The zero-order chi connectivity index (χ0) is 25.7. The van der Waals surface area contributed by atoms with Gasteiger partial charge in [0.15, 0.2) is 5.56 Å². The first-order chi connectivity index (χ1) is 17.2. The summed E-state index contributed by atoms with van der Waals surface area (Å²) in [5.74, 6) is 2.61. The number of anilines is 1. The molecule has 4 rings (SSSR count). The number of ether oxygens (including phenoxy) is 3. The molecule has 10 heteroatoms. The second-order valence-corrected chi connectivity index (χ2v) is 9.36. The third-order valence-electron chi connectivity index (χ3n) is 5.30. The van der Waals surface area contributed by atoms with Crippen molar-refractivity contribution in [2.75, 3.05) is 18.8 Å². The summed E-state index contributed by atoms with van der Waals surface area (Å²) in [7, 11) is 0. The molecule has 0 radical (unpaired) electrons. The predicted molar refractivity (Wildman–Crippen MR) is 135 cm³/mol. The second-order valence-electron chi connectivity index (χ2n) is 9.36. The van der Waals surface area contributed by atoms with E-state index in [-0.39, 0.29) is 23.8 Å². The van der Waals surface area contributed by atoms with E-state index >= 15 is 0 Å². The minimum atomic E-state index is -0.560. The standard InChI is InChI=1S/C26H30N6O4/c1-26(2,3)36-25(33)32-14-13-17(15-32)31-23(28)21-22(27)29-16-30-24(21)35-20-11-9-19(10-12-20)34-18-7-5-4-6-8-18/h4-12,16-17H,13-15H2,1-3H3,(H2,28,31)(H2,27,29,30)/p+1/t17-/m1/s1. The highest BCUT2D eigenvalue weighted by atomic mass is 16.6. The zero-order valence-electron chi connectivity index (χ0n) is 20.6. The van der Waals surface area contributed by atoms with Crippen molar-refractivity contribution in [1.29, 1.82) is 0 Å². The molecule has 0 aliphatic carbocycles. The highest BCUT2D eigenvalue weighted by Crippen LogP contribution is 2.28.